The average Bonchev–Trinajstić information content (AvgIpc) is 2.82. The molecule has 0 saturated carbocycles. The fourth-order valence-electron chi connectivity index (χ4n) is 4.47. The summed E-state index contributed by atoms with van der Waals surface area (Å²) in [6, 6.07) is 12.5. The highest BCUT2D eigenvalue weighted by Crippen LogP contribution is 2.45. The van der Waals surface area contributed by atoms with E-state index < -0.39 is 52.1 Å². The molecule has 37 heavy (non-hydrogen) atoms. The van der Waals surface area contributed by atoms with Gasteiger partial charge in [0.2, 0.25) is 0 Å². The van der Waals surface area contributed by atoms with Crippen LogP contribution in [0.4, 0.5) is 37.7 Å². The van der Waals surface area contributed by atoms with E-state index in [2.05, 4.69) is 15.9 Å². The molecule has 0 fully saturated rings. The summed E-state index contributed by atoms with van der Waals surface area (Å²) in [5, 5.41) is 0.929. The van der Waals surface area contributed by atoms with Crippen LogP contribution in [0.25, 0.3) is 21.9 Å². The van der Waals surface area contributed by atoms with Gasteiger partial charge in [-0.1, -0.05) is 40.2 Å². The highest BCUT2D eigenvalue weighted by Gasteiger charge is 2.40. The van der Waals surface area contributed by atoms with Gasteiger partial charge in [0, 0.05) is 26.7 Å². The van der Waals surface area contributed by atoms with Crippen LogP contribution in [0.2, 0.25) is 0 Å². The third-order valence-corrected chi connectivity index (χ3v) is 6.75. The van der Waals surface area contributed by atoms with Crippen molar-refractivity contribution in [3.05, 3.63) is 93.5 Å². The van der Waals surface area contributed by atoms with Crippen LogP contribution in [-0.2, 0) is 12.4 Å². The van der Waals surface area contributed by atoms with Gasteiger partial charge < -0.3 is 5.73 Å². The molecule has 0 spiro atoms. The van der Waals surface area contributed by atoms with Gasteiger partial charge in [0.05, 0.1) is 16.8 Å². The zero-order valence-electron chi connectivity index (χ0n) is 18.3. The van der Waals surface area contributed by atoms with E-state index in [1.165, 1.54) is 12.1 Å². The number of hydrogen-bond acceptors (Lipinski definition) is 3. The Morgan fingerprint density at radius 3 is 1.84 bits per heavy atom. The van der Waals surface area contributed by atoms with Crippen LogP contribution in [0.15, 0.2) is 71.2 Å². The first-order valence-electron chi connectivity index (χ1n) is 10.6. The summed E-state index contributed by atoms with van der Waals surface area (Å²) < 4.78 is 84.0. The first kappa shape index (κ1) is 24.8. The number of imide groups is 1. The number of nitrogens with two attached hydrogens (primary N) is 1. The Morgan fingerprint density at radius 1 is 0.676 bits per heavy atom. The molecule has 4 aromatic rings. The Balaban J connectivity index is 1.71. The van der Waals surface area contributed by atoms with Crippen molar-refractivity contribution in [3.8, 4) is 11.1 Å². The summed E-state index contributed by atoms with van der Waals surface area (Å²) in [4.78, 5) is 27.2. The number of anilines is 2. The smallest absolute Gasteiger partial charge is 0.399 e. The van der Waals surface area contributed by atoms with Gasteiger partial charge >= 0.3 is 12.4 Å². The maximum Gasteiger partial charge on any atom is 0.417 e. The molecule has 0 aliphatic carbocycles. The van der Waals surface area contributed by atoms with E-state index in [1.807, 2.05) is 0 Å². The lowest BCUT2D eigenvalue weighted by Gasteiger charge is -2.28. The first-order valence-corrected chi connectivity index (χ1v) is 11.4. The Hall–Kier alpha value is -3.86. The third-order valence-electron chi connectivity index (χ3n) is 6.06. The van der Waals surface area contributed by atoms with Crippen LogP contribution in [0.5, 0.6) is 0 Å². The largest absolute Gasteiger partial charge is 0.417 e. The van der Waals surface area contributed by atoms with Crippen molar-refractivity contribution in [3.63, 3.8) is 0 Å². The molecule has 4 nitrogen and oxygen atoms in total. The van der Waals surface area contributed by atoms with Gasteiger partial charge in [0.1, 0.15) is 0 Å². The van der Waals surface area contributed by atoms with E-state index in [0.717, 1.165) is 24.3 Å². The van der Waals surface area contributed by atoms with Gasteiger partial charge in [-0.15, -0.1) is 0 Å². The highest BCUT2D eigenvalue weighted by molar-refractivity contribution is 9.10. The molecule has 2 N–H and O–H groups in total. The predicted molar refractivity (Wildman–Crippen MR) is 129 cm³/mol. The summed E-state index contributed by atoms with van der Waals surface area (Å²) in [7, 11) is 0. The Labute approximate surface area is 213 Å². The van der Waals surface area contributed by atoms with E-state index in [4.69, 9.17) is 5.73 Å². The van der Waals surface area contributed by atoms with E-state index >= 15 is 0 Å². The lowest BCUT2D eigenvalue weighted by atomic mass is 9.91. The number of alkyl halides is 6. The maximum atomic E-state index is 14.2. The number of nitrogens with zero attached hydrogens (tertiary/aromatic N) is 1. The minimum absolute atomic E-state index is 0.101. The Bertz CT molecular complexity index is 1610. The fourth-order valence-corrected chi connectivity index (χ4v) is 4.93. The number of hydrogen-bond donors (Lipinski definition) is 1. The molecular formula is C26H13BrF6N2O2. The molecule has 1 aliphatic heterocycles. The maximum absolute atomic E-state index is 14.2. The second-order valence-electron chi connectivity index (χ2n) is 8.30. The molecule has 5 rings (SSSR count). The van der Waals surface area contributed by atoms with Gasteiger partial charge in [-0.25, -0.2) is 4.90 Å². The molecule has 0 unspecified atom stereocenters. The van der Waals surface area contributed by atoms with Crippen LogP contribution >= 0.6 is 15.9 Å². The van der Waals surface area contributed by atoms with Crippen LogP contribution < -0.4 is 10.6 Å². The summed E-state index contributed by atoms with van der Waals surface area (Å²) in [6.45, 7) is 0. The molecule has 11 heteroatoms. The van der Waals surface area contributed by atoms with Crippen molar-refractivity contribution in [2.45, 2.75) is 12.4 Å². The number of carbonyl (C=O) groups excluding carboxylic acids is 2. The topological polar surface area (TPSA) is 63.4 Å². The monoisotopic (exact) mass is 578 g/mol. The normalized spacial score (nSPS) is 14.0. The van der Waals surface area contributed by atoms with Crippen molar-refractivity contribution in [1.29, 1.82) is 0 Å². The van der Waals surface area contributed by atoms with Gasteiger partial charge in [-0.2, -0.15) is 26.3 Å². The van der Waals surface area contributed by atoms with Crippen LogP contribution in [-0.4, -0.2) is 11.8 Å². The zero-order valence-corrected chi connectivity index (χ0v) is 19.9. The van der Waals surface area contributed by atoms with E-state index in [9.17, 15) is 35.9 Å². The molecule has 1 heterocycles. The van der Waals surface area contributed by atoms with Gasteiger partial charge in [-0.3, -0.25) is 9.59 Å². The van der Waals surface area contributed by atoms with Crippen LogP contribution in [0, 0.1) is 0 Å². The second kappa shape index (κ2) is 8.34. The van der Waals surface area contributed by atoms with Crippen molar-refractivity contribution >= 4 is 49.9 Å². The summed E-state index contributed by atoms with van der Waals surface area (Å²) in [5.41, 5.74) is 0.651. The molecule has 0 saturated heterocycles. The lowest BCUT2D eigenvalue weighted by Crippen LogP contribution is -2.40. The number of carbonyl (C=O) groups is 2. The summed E-state index contributed by atoms with van der Waals surface area (Å²) in [6.07, 6.45) is -10.1. The van der Waals surface area contributed by atoms with Crippen molar-refractivity contribution in [1.82, 2.24) is 0 Å². The molecule has 0 aromatic heterocycles. The molecule has 0 radical (unpaired) electrons. The lowest BCUT2D eigenvalue weighted by molar-refractivity contribution is -0.139. The molecule has 1 aliphatic rings. The molecule has 4 aromatic carbocycles. The molecule has 0 bridgehead atoms. The third kappa shape index (κ3) is 4.03. The average molecular weight is 579 g/mol. The summed E-state index contributed by atoms with van der Waals surface area (Å²) in [5.74, 6) is -1.71. The molecule has 2 amide bonds. The number of benzene rings is 4. The van der Waals surface area contributed by atoms with E-state index in [1.54, 1.807) is 18.2 Å². The van der Waals surface area contributed by atoms with Crippen molar-refractivity contribution in [2.24, 2.45) is 0 Å². The van der Waals surface area contributed by atoms with Gasteiger partial charge in [0.15, 0.2) is 0 Å². The van der Waals surface area contributed by atoms with Gasteiger partial charge in [0.25, 0.3) is 11.8 Å². The Kier molecular flexibility index (Phi) is 5.59. The zero-order chi connectivity index (χ0) is 26.9. The van der Waals surface area contributed by atoms with Crippen molar-refractivity contribution in [2.75, 3.05) is 10.6 Å². The molecule has 188 valence electrons. The number of nitrogen functional groups attached to an aromatic ring is 1. The SMILES string of the molecule is Nc1ccc(-c2ccc(N3C(=O)c4cccc5c(Br)ccc(c45)C3=O)cc2C(F)(F)F)c(C(F)(F)F)c1. The minimum Gasteiger partial charge on any atom is -0.399 e. The van der Waals surface area contributed by atoms with Crippen molar-refractivity contribution < 1.29 is 35.9 Å². The minimum atomic E-state index is -5.11. The number of amides is 2. The van der Waals surface area contributed by atoms with Crippen LogP contribution in [0.3, 0.4) is 0 Å². The number of halogens is 7. The molecule has 0 atom stereocenters. The van der Waals surface area contributed by atoms with E-state index in [-0.39, 0.29) is 16.8 Å². The Morgan fingerprint density at radius 2 is 1.22 bits per heavy atom. The predicted octanol–water partition coefficient (Wildman–Crippen LogP) is 7.69. The fraction of sp³-hybridized carbons (Fsp3) is 0.0769. The summed E-state index contributed by atoms with van der Waals surface area (Å²) >= 11 is 3.35. The first-order chi connectivity index (χ1) is 17.3. The standard InChI is InChI=1S/C26H13BrF6N2O2/c27-21-9-8-18-22-16(21)2-1-3-17(22)23(36)35(24(18)37)13-5-7-15(20(11-13)26(31,32)33)14-6-4-12(34)10-19(14)25(28,29)30/h1-11H,34H2. The quantitative estimate of drug-likeness (QED) is 0.151. The molecular weight excluding hydrogens is 566 g/mol. The van der Waals surface area contributed by atoms with E-state index in [0.29, 0.717) is 32.3 Å². The second-order valence-corrected chi connectivity index (χ2v) is 9.15. The highest BCUT2D eigenvalue weighted by atomic mass is 79.9. The van der Waals surface area contributed by atoms with Crippen LogP contribution in [0.1, 0.15) is 31.8 Å². The number of rotatable bonds is 2. The van der Waals surface area contributed by atoms with Gasteiger partial charge in [-0.05, 0) is 59.0 Å².